The molecule has 0 atom stereocenters. The van der Waals surface area contributed by atoms with Crippen LogP contribution in [0.5, 0.6) is 0 Å². The van der Waals surface area contributed by atoms with E-state index in [0.717, 1.165) is 45.5 Å². The smallest absolute Gasteiger partial charge is 0.232 e. The van der Waals surface area contributed by atoms with Gasteiger partial charge in [0.15, 0.2) is 5.82 Å². The first kappa shape index (κ1) is 120. The Morgan fingerprint density at radius 2 is 0.349 bits per heavy atom. The van der Waals surface area contributed by atoms with Crippen molar-refractivity contribution in [1.82, 2.24) is 15.0 Å². The molecule has 0 aliphatic heterocycles. The summed E-state index contributed by atoms with van der Waals surface area (Å²) in [7, 11) is 0. The zero-order chi connectivity index (χ0) is 91.6. The molecule has 0 fully saturated rings. The lowest BCUT2D eigenvalue weighted by Gasteiger charge is -2.19. The van der Waals surface area contributed by atoms with E-state index >= 15 is 0 Å². The first-order valence-corrected chi connectivity index (χ1v) is 63.2. The van der Waals surface area contributed by atoms with Crippen LogP contribution in [-0.4, -0.2) is 49.5 Å². The van der Waals surface area contributed by atoms with Gasteiger partial charge in [0.1, 0.15) is 0 Å². The molecule has 5 nitrogen and oxygen atoms in total. The zero-order valence-corrected chi connectivity index (χ0v) is 91.2. The summed E-state index contributed by atoms with van der Waals surface area (Å²) in [6.45, 7) is 18.3. The van der Waals surface area contributed by atoms with Crippen molar-refractivity contribution in [1.29, 1.82) is 0 Å². The topological polar surface area (TPSA) is 62.7 Å². The summed E-state index contributed by atoms with van der Waals surface area (Å²) in [6, 6.07) is 18.5. The highest BCUT2D eigenvalue weighted by Gasteiger charge is 2.20. The fourth-order valence-electron chi connectivity index (χ4n) is 18.4. The Hall–Kier alpha value is -1.63. The Bertz CT molecular complexity index is 2750. The van der Waals surface area contributed by atoms with Gasteiger partial charge in [-0.3, -0.25) is 0 Å². The molecule has 2 N–H and O–H groups in total. The van der Waals surface area contributed by atoms with E-state index in [9.17, 15) is 0 Å². The van der Waals surface area contributed by atoms with Crippen LogP contribution in [0.2, 0.25) is 0 Å². The maximum absolute atomic E-state index is 5.46. The van der Waals surface area contributed by atoms with Gasteiger partial charge in [-0.15, -0.1) is 70.6 Å². The number of hydrogen-bond donors (Lipinski definition) is 2. The van der Waals surface area contributed by atoms with Crippen LogP contribution in [-0.2, 0) is 0 Å². The largest absolute Gasteiger partial charge is 0.324 e. The highest BCUT2D eigenvalue weighted by molar-refractivity contribution is 8.04. The van der Waals surface area contributed by atoms with Gasteiger partial charge >= 0.3 is 0 Å². The summed E-state index contributed by atoms with van der Waals surface area (Å²) in [6.07, 6.45) is 117. The summed E-state index contributed by atoms with van der Waals surface area (Å²) in [4.78, 5) is 25.0. The predicted molar refractivity (Wildman–Crippen MR) is 595 cm³/mol. The monoisotopic (exact) mass is 1890 g/mol. The molecule has 0 spiro atoms. The number of rotatable bonds is 101. The molecule has 1 aromatic heterocycles. The Kier molecular flexibility index (Phi) is 86.0. The predicted octanol–water partition coefficient (Wildman–Crippen LogP) is 44.6. The summed E-state index contributed by atoms with van der Waals surface area (Å²) in [5, 5.41) is 7.93. The van der Waals surface area contributed by atoms with Crippen molar-refractivity contribution in [2.24, 2.45) is 0 Å². The third-order valence-electron chi connectivity index (χ3n) is 26.9. The highest BCUT2D eigenvalue weighted by atomic mass is 32.2. The van der Waals surface area contributed by atoms with Crippen molar-refractivity contribution in [2.75, 3.05) is 45.2 Å². The van der Waals surface area contributed by atoms with E-state index in [2.05, 4.69) is 178 Å². The van der Waals surface area contributed by atoms with E-state index in [0.29, 0.717) is 17.7 Å². The molecule has 0 saturated heterocycles. The molecule has 0 aliphatic rings. The third-order valence-corrected chi connectivity index (χ3v) is 34.4. The van der Waals surface area contributed by atoms with Crippen molar-refractivity contribution in [3.8, 4) is 11.4 Å². The van der Waals surface area contributed by atoms with E-state index in [1.807, 2.05) is 0 Å². The normalized spacial score (nSPS) is 11.7. The van der Waals surface area contributed by atoms with Crippen LogP contribution in [0.4, 0.5) is 23.3 Å². The second-order valence-corrected chi connectivity index (χ2v) is 46.3. The van der Waals surface area contributed by atoms with Crippen LogP contribution >= 0.6 is 70.6 Å². The Morgan fingerprint density at radius 1 is 0.194 bits per heavy atom. The minimum absolute atomic E-state index is 0.593. The van der Waals surface area contributed by atoms with E-state index in [1.165, 1.54) is 580 Å². The van der Waals surface area contributed by atoms with Gasteiger partial charge in [-0.05, 0) is 110 Å². The molecule has 11 heteroatoms. The highest BCUT2D eigenvalue weighted by Crippen LogP contribution is 2.46. The van der Waals surface area contributed by atoms with Crippen molar-refractivity contribution in [3.63, 3.8) is 0 Å². The summed E-state index contributed by atoms with van der Waals surface area (Å²) >= 11 is 12.8. The fourth-order valence-corrected chi connectivity index (χ4v) is 25.9. The van der Waals surface area contributed by atoms with Gasteiger partial charge in [-0.1, -0.05) is 567 Å². The quantitative estimate of drug-likeness (QED) is 0.0328. The standard InChI is InChI=1S/C118H210N5S6/c1-8-14-20-26-32-38-44-50-56-62-68-74-80-86-96-124-110-102-108(103-111(125-97-87-81-75-69-63-57-51-45-39-33-27-21-15-9-2)114(110)128-100-90-84-78-72-66-60-54-48-42-36-30-24-18-12-5)119-117-121-116(107-94-92-106(7)93-95-107)122-118(123-117)120-109-104-112(126-98-88-82-76-70-64-58-52-46-40-34-28-22-16-10-3)115(129-101-91-85-79-73-67-61-55-49-43-37-31-25-19-13-6)113(105-109)127-99-89-83-77-71-65-59-53-47-41-35-29-23-17-11-4/h92-95,102-105H,7-91,96-101H2,1-6H3,(H2,119,120,121,122,123). The molecular weight excluding hydrogens is 1680 g/mol. The Morgan fingerprint density at radius 3 is 0.519 bits per heavy atom. The molecule has 0 amide bonds. The van der Waals surface area contributed by atoms with Gasteiger partial charge < -0.3 is 10.6 Å². The first-order valence-electron chi connectivity index (χ1n) is 57.3. The van der Waals surface area contributed by atoms with Gasteiger partial charge in [0, 0.05) is 46.3 Å². The van der Waals surface area contributed by atoms with Crippen LogP contribution in [0.3, 0.4) is 0 Å². The van der Waals surface area contributed by atoms with Gasteiger partial charge in [0.25, 0.3) is 0 Å². The van der Waals surface area contributed by atoms with Crippen molar-refractivity contribution in [2.45, 2.75) is 610 Å². The number of benzene rings is 3. The van der Waals surface area contributed by atoms with Crippen molar-refractivity contribution in [3.05, 3.63) is 61.0 Å². The van der Waals surface area contributed by atoms with Crippen LogP contribution in [0.1, 0.15) is 586 Å². The summed E-state index contributed by atoms with van der Waals surface area (Å²) in [5.41, 5.74) is 4.14. The number of nitrogens with zero attached hydrogens (tertiary/aromatic N) is 3. The maximum Gasteiger partial charge on any atom is 0.232 e. The van der Waals surface area contributed by atoms with E-state index < -0.39 is 0 Å². The van der Waals surface area contributed by atoms with E-state index in [-0.39, 0.29) is 0 Å². The molecule has 743 valence electrons. The minimum Gasteiger partial charge on any atom is -0.324 e. The van der Waals surface area contributed by atoms with Crippen molar-refractivity contribution >= 4 is 93.8 Å². The number of unbranched alkanes of at least 4 members (excludes halogenated alkanes) is 78. The second-order valence-electron chi connectivity index (χ2n) is 39.5. The maximum atomic E-state index is 5.46. The van der Waals surface area contributed by atoms with E-state index in [4.69, 9.17) is 15.0 Å². The van der Waals surface area contributed by atoms with E-state index in [1.54, 1.807) is 0 Å². The zero-order valence-electron chi connectivity index (χ0n) is 86.3. The Labute approximate surface area is 829 Å². The minimum atomic E-state index is 0.593. The fraction of sp³-hybridized carbons (Fsp3) is 0.814. The van der Waals surface area contributed by atoms with Crippen molar-refractivity contribution < 1.29 is 0 Å². The molecule has 1 heterocycles. The van der Waals surface area contributed by atoms with Gasteiger partial charge in [-0.2, -0.15) is 15.0 Å². The molecule has 0 unspecified atom stereocenters. The molecule has 129 heavy (non-hydrogen) atoms. The molecular formula is C118H210N5S6. The van der Waals surface area contributed by atoms with Crippen LogP contribution in [0.15, 0.2) is 77.9 Å². The SMILES string of the molecule is [CH2]c1ccc(-c2nc(Nc3cc(SCCCCCCCCCCCCCCCC)c(SCCCCCCCCCCCCCCCC)c(SCCCCCCCCCCCCCCCC)c3)nc(Nc3cc(SCCCCCCCCCCCCCCCC)c(SCCCCCCCCCCCCCCCC)c(SCCCCCCCCCCCCCCCC)c3)n2)cc1. The Balaban J connectivity index is 1.69. The lowest BCUT2D eigenvalue weighted by Crippen LogP contribution is -2.06. The number of aromatic nitrogens is 3. The second kappa shape index (κ2) is 92.7. The molecule has 0 bridgehead atoms. The molecule has 4 aromatic rings. The lowest BCUT2D eigenvalue weighted by molar-refractivity contribution is 0.538. The molecule has 3 aromatic carbocycles. The number of thioether (sulfide) groups is 6. The summed E-state index contributed by atoms with van der Waals surface area (Å²) in [5.74, 6) is 8.83. The van der Waals surface area contributed by atoms with Crippen LogP contribution in [0, 0.1) is 6.92 Å². The lowest BCUT2D eigenvalue weighted by atomic mass is 10.0. The third kappa shape index (κ3) is 70.6. The van der Waals surface area contributed by atoms with Crippen LogP contribution in [0.25, 0.3) is 11.4 Å². The van der Waals surface area contributed by atoms with Gasteiger partial charge in [0.05, 0.1) is 0 Å². The number of anilines is 4. The molecule has 0 aliphatic carbocycles. The van der Waals surface area contributed by atoms with Gasteiger partial charge in [-0.25, -0.2) is 0 Å². The number of hydrogen-bond acceptors (Lipinski definition) is 11. The van der Waals surface area contributed by atoms with Crippen LogP contribution < -0.4 is 10.6 Å². The molecule has 4 rings (SSSR count). The average molecular weight is 1890 g/mol. The molecule has 0 saturated carbocycles. The molecule has 1 radical (unpaired) electrons. The van der Waals surface area contributed by atoms with Gasteiger partial charge in [0.2, 0.25) is 11.9 Å². The summed E-state index contributed by atoms with van der Waals surface area (Å²) < 4.78 is 0. The first-order chi connectivity index (χ1) is 63.9. The average Bonchev–Trinajstić information content (AvgIpc) is 0.812. The number of nitrogens with one attached hydrogen (secondary N) is 2.